The number of anilines is 1. The highest BCUT2D eigenvalue weighted by atomic mass is 16.5. The number of nitrogens with zero attached hydrogens (tertiary/aromatic N) is 1. The Labute approximate surface area is 255 Å². The number of aromatic amines is 1. The first-order valence-corrected chi connectivity index (χ1v) is 15.6. The normalized spacial score (nSPS) is 21.3. The third-order valence-corrected chi connectivity index (χ3v) is 8.63. The Morgan fingerprint density at radius 2 is 2.00 bits per heavy atom. The Morgan fingerprint density at radius 1 is 1.16 bits per heavy atom. The lowest BCUT2D eigenvalue weighted by Crippen LogP contribution is -2.32. The van der Waals surface area contributed by atoms with E-state index in [-0.39, 0.29) is 29.9 Å². The van der Waals surface area contributed by atoms with E-state index in [0.29, 0.717) is 50.3 Å². The monoisotopic (exact) mass is 589 g/mol. The highest BCUT2D eigenvalue weighted by Crippen LogP contribution is 2.33. The Morgan fingerprint density at radius 3 is 2.74 bits per heavy atom. The van der Waals surface area contributed by atoms with Crippen LogP contribution in [-0.2, 0) is 12.8 Å². The van der Waals surface area contributed by atoms with Crippen LogP contribution in [0.3, 0.4) is 0 Å². The molecule has 0 saturated heterocycles. The molecule has 8 heteroatoms. The van der Waals surface area contributed by atoms with Crippen molar-refractivity contribution in [2.24, 2.45) is 11.8 Å². The molecule has 8 nitrogen and oxygen atoms in total. The van der Waals surface area contributed by atoms with Crippen molar-refractivity contribution in [3.63, 3.8) is 0 Å². The number of H-pyrrole nitrogens is 1. The number of nitrogen functional groups attached to an aromatic ring is 1. The molecule has 1 aliphatic carbocycles. The zero-order valence-corrected chi connectivity index (χ0v) is 25.2. The van der Waals surface area contributed by atoms with Crippen LogP contribution in [0.2, 0.25) is 0 Å². The Hall–Kier alpha value is -3.51. The molecule has 0 fully saturated rings. The molecule has 0 radical (unpaired) electrons. The number of rotatable bonds is 13. The van der Waals surface area contributed by atoms with E-state index in [4.69, 9.17) is 10.5 Å². The van der Waals surface area contributed by atoms with E-state index in [1.165, 1.54) is 0 Å². The number of phenolic OH excluding ortho intramolecular Hbond substituents is 1. The molecular weight excluding hydrogens is 542 g/mol. The van der Waals surface area contributed by atoms with Crippen molar-refractivity contribution in [3.05, 3.63) is 71.7 Å². The predicted molar refractivity (Wildman–Crippen MR) is 169 cm³/mol. The van der Waals surface area contributed by atoms with Gasteiger partial charge in [0, 0.05) is 36.3 Å². The summed E-state index contributed by atoms with van der Waals surface area (Å²) < 4.78 is 6.18. The quantitative estimate of drug-likeness (QED) is 0.152. The molecule has 2 heterocycles. The molecule has 0 amide bonds. The van der Waals surface area contributed by atoms with E-state index in [9.17, 15) is 20.4 Å². The average Bonchev–Trinajstić information content (AvgIpc) is 3.52. The van der Waals surface area contributed by atoms with Crippen molar-refractivity contribution < 1.29 is 25.2 Å². The number of pyridine rings is 1. The summed E-state index contributed by atoms with van der Waals surface area (Å²) in [5, 5.41) is 42.8. The van der Waals surface area contributed by atoms with Crippen LogP contribution in [0.4, 0.5) is 5.82 Å². The number of hydrogen-bond acceptors (Lipinski definition) is 7. The van der Waals surface area contributed by atoms with Gasteiger partial charge in [0.05, 0.1) is 18.8 Å². The van der Waals surface area contributed by atoms with E-state index in [0.717, 1.165) is 42.5 Å². The minimum absolute atomic E-state index is 0.0130. The van der Waals surface area contributed by atoms with Crippen LogP contribution in [0.25, 0.3) is 0 Å². The maximum absolute atomic E-state index is 11.1. The molecule has 3 aromatic rings. The largest absolute Gasteiger partial charge is 0.504 e. The lowest BCUT2D eigenvalue weighted by atomic mass is 9.85. The van der Waals surface area contributed by atoms with Crippen LogP contribution >= 0.6 is 0 Å². The number of phenols is 1. The number of aromatic nitrogens is 2. The third kappa shape index (κ3) is 9.75. The highest BCUT2D eigenvalue weighted by Gasteiger charge is 2.27. The van der Waals surface area contributed by atoms with Crippen LogP contribution in [0.5, 0.6) is 11.5 Å². The van der Waals surface area contributed by atoms with Crippen molar-refractivity contribution in [2.45, 2.75) is 95.4 Å². The number of benzene rings is 1. The third-order valence-electron chi connectivity index (χ3n) is 8.63. The second kappa shape index (κ2) is 16.4. The van der Waals surface area contributed by atoms with Gasteiger partial charge in [0.1, 0.15) is 11.9 Å². The van der Waals surface area contributed by atoms with E-state index >= 15 is 0 Å². The molecular formula is C35H47N3O5. The molecule has 0 aliphatic heterocycles. The van der Waals surface area contributed by atoms with Gasteiger partial charge in [0.15, 0.2) is 11.5 Å². The lowest BCUT2D eigenvalue weighted by Gasteiger charge is -2.27. The van der Waals surface area contributed by atoms with Crippen molar-refractivity contribution in [3.8, 4) is 23.3 Å². The van der Waals surface area contributed by atoms with Crippen LogP contribution in [0.1, 0.15) is 81.0 Å². The van der Waals surface area contributed by atoms with Gasteiger partial charge in [-0.05, 0) is 98.4 Å². The van der Waals surface area contributed by atoms with E-state index in [1.54, 1.807) is 18.3 Å². The predicted octanol–water partition coefficient (Wildman–Crippen LogP) is 5.12. The van der Waals surface area contributed by atoms with Crippen molar-refractivity contribution in [1.29, 1.82) is 0 Å². The van der Waals surface area contributed by atoms with Gasteiger partial charge >= 0.3 is 0 Å². The first-order chi connectivity index (χ1) is 20.9. The second-order valence-electron chi connectivity index (χ2n) is 11.8. The summed E-state index contributed by atoms with van der Waals surface area (Å²) in [5.41, 5.74) is 8.90. The summed E-state index contributed by atoms with van der Waals surface area (Å²) in [6.45, 7) is 1.92. The number of aliphatic hydroxyl groups excluding tert-OH is 3. The molecule has 43 heavy (non-hydrogen) atoms. The number of nitrogens with two attached hydrogens (primary N) is 1. The lowest BCUT2D eigenvalue weighted by molar-refractivity contribution is 0.00559. The van der Waals surface area contributed by atoms with Gasteiger partial charge in [-0.1, -0.05) is 31.8 Å². The van der Waals surface area contributed by atoms with E-state index in [2.05, 4.69) is 28.7 Å². The van der Waals surface area contributed by atoms with E-state index in [1.807, 2.05) is 36.5 Å². The molecule has 0 saturated carbocycles. The number of nitrogens with one attached hydrogen (secondary N) is 1. The second-order valence-corrected chi connectivity index (χ2v) is 11.8. The SMILES string of the molecule is CCC1C#CCC(C(O)CCc2ccc(O)c(OC(CO)CC(Cc3ccc[nH]3)c3ccnc(N)c3)c2)C(O)CCCC1. The summed E-state index contributed by atoms with van der Waals surface area (Å²) in [6.07, 6.45) is 9.10. The highest BCUT2D eigenvalue weighted by molar-refractivity contribution is 5.42. The minimum Gasteiger partial charge on any atom is -0.504 e. The van der Waals surface area contributed by atoms with E-state index < -0.39 is 18.3 Å². The maximum Gasteiger partial charge on any atom is 0.161 e. The zero-order chi connectivity index (χ0) is 30.6. The van der Waals surface area contributed by atoms with Gasteiger partial charge in [0.2, 0.25) is 0 Å². The molecule has 2 aromatic heterocycles. The van der Waals surface area contributed by atoms with Gasteiger partial charge in [-0.3, -0.25) is 0 Å². The first kappa shape index (κ1) is 32.4. The molecule has 4 rings (SSSR count). The molecule has 1 aliphatic rings. The summed E-state index contributed by atoms with van der Waals surface area (Å²) in [5.74, 6) is 7.37. The molecule has 1 aromatic carbocycles. The zero-order valence-electron chi connectivity index (χ0n) is 25.2. The van der Waals surface area contributed by atoms with Gasteiger partial charge in [-0.25, -0.2) is 4.98 Å². The van der Waals surface area contributed by atoms with Crippen LogP contribution in [0.15, 0.2) is 54.9 Å². The van der Waals surface area contributed by atoms with Crippen molar-refractivity contribution in [1.82, 2.24) is 9.97 Å². The number of aliphatic hydroxyl groups is 3. The molecule has 6 unspecified atom stereocenters. The topological polar surface area (TPSA) is 145 Å². The van der Waals surface area contributed by atoms with Gasteiger partial charge in [0.25, 0.3) is 0 Å². The van der Waals surface area contributed by atoms with Gasteiger partial charge in [-0.2, -0.15) is 0 Å². The fourth-order valence-corrected chi connectivity index (χ4v) is 6.00. The molecule has 0 spiro atoms. The first-order valence-electron chi connectivity index (χ1n) is 15.6. The summed E-state index contributed by atoms with van der Waals surface area (Å²) in [7, 11) is 0. The minimum atomic E-state index is -0.700. The molecule has 0 bridgehead atoms. The maximum atomic E-state index is 11.1. The number of aromatic hydroxyl groups is 1. The van der Waals surface area contributed by atoms with Crippen LogP contribution in [-0.4, -0.2) is 55.3 Å². The Kier molecular flexibility index (Phi) is 12.3. The van der Waals surface area contributed by atoms with Crippen molar-refractivity contribution in [2.75, 3.05) is 12.3 Å². The molecule has 7 N–H and O–H groups in total. The van der Waals surface area contributed by atoms with Crippen LogP contribution < -0.4 is 10.5 Å². The van der Waals surface area contributed by atoms with Gasteiger partial charge < -0.3 is 35.9 Å². The summed E-state index contributed by atoms with van der Waals surface area (Å²) >= 11 is 0. The number of aryl methyl sites for hydroxylation is 1. The fourth-order valence-electron chi connectivity index (χ4n) is 6.00. The number of ether oxygens (including phenoxy) is 1. The Balaban J connectivity index is 1.42. The number of hydrogen-bond donors (Lipinski definition) is 6. The molecule has 232 valence electrons. The Bertz CT molecular complexity index is 1320. The fraction of sp³-hybridized carbons (Fsp3) is 0.514. The summed E-state index contributed by atoms with van der Waals surface area (Å²) in [4.78, 5) is 7.35. The van der Waals surface area contributed by atoms with Crippen molar-refractivity contribution >= 4 is 5.82 Å². The average molecular weight is 590 g/mol. The van der Waals surface area contributed by atoms with Crippen LogP contribution in [0, 0.1) is 23.7 Å². The van der Waals surface area contributed by atoms with Gasteiger partial charge in [-0.15, -0.1) is 5.92 Å². The standard InChI is InChI=1S/C35H47N3O5/c1-2-24-7-3-4-11-31(40)30(10-5-8-24)32(41)14-12-25-13-15-33(42)34(19-25)43-29(23-39)21-27(20-28-9-6-17-37-28)26-16-18-38-35(36)22-26/h6,9,13,15-19,22,24,27,29-32,37,39-42H,2-4,7,10-12,14,20-21,23H2,1H3,(H2,36,38). The molecule has 6 atom stereocenters. The summed E-state index contributed by atoms with van der Waals surface area (Å²) in [6, 6.07) is 12.9. The smallest absolute Gasteiger partial charge is 0.161 e.